The van der Waals surface area contributed by atoms with E-state index in [1.165, 1.54) is 12.1 Å². The van der Waals surface area contributed by atoms with E-state index in [1.54, 1.807) is 6.08 Å². The molecule has 0 aliphatic carbocycles. The summed E-state index contributed by atoms with van der Waals surface area (Å²) in [6.45, 7) is 3.79. The van der Waals surface area contributed by atoms with E-state index in [0.29, 0.717) is 6.54 Å². The first-order chi connectivity index (χ1) is 7.13. The van der Waals surface area contributed by atoms with Crippen LogP contribution in [0.3, 0.4) is 0 Å². The molecule has 1 aromatic rings. The SMILES string of the molecule is C=CCNC(=O)c1ccc(CC(=O)O)o1. The maximum absolute atomic E-state index is 11.3. The van der Waals surface area contributed by atoms with E-state index in [9.17, 15) is 9.59 Å². The van der Waals surface area contributed by atoms with Crippen LogP contribution in [0.15, 0.2) is 29.2 Å². The highest BCUT2D eigenvalue weighted by molar-refractivity contribution is 5.91. The van der Waals surface area contributed by atoms with Crippen LogP contribution in [0.4, 0.5) is 0 Å². The van der Waals surface area contributed by atoms with Gasteiger partial charge in [0.05, 0.1) is 0 Å². The van der Waals surface area contributed by atoms with Crippen LogP contribution in [-0.4, -0.2) is 23.5 Å². The fraction of sp³-hybridized carbons (Fsp3) is 0.200. The molecule has 2 N–H and O–H groups in total. The highest BCUT2D eigenvalue weighted by atomic mass is 16.4. The van der Waals surface area contributed by atoms with Gasteiger partial charge in [0, 0.05) is 6.54 Å². The zero-order valence-corrected chi connectivity index (χ0v) is 8.03. The summed E-state index contributed by atoms with van der Waals surface area (Å²) < 4.78 is 5.03. The number of amides is 1. The van der Waals surface area contributed by atoms with Crippen molar-refractivity contribution in [3.8, 4) is 0 Å². The van der Waals surface area contributed by atoms with E-state index in [2.05, 4.69) is 11.9 Å². The van der Waals surface area contributed by atoms with Crippen LogP contribution in [0.2, 0.25) is 0 Å². The van der Waals surface area contributed by atoms with Crippen molar-refractivity contribution in [3.05, 3.63) is 36.3 Å². The van der Waals surface area contributed by atoms with Gasteiger partial charge in [-0.25, -0.2) is 0 Å². The van der Waals surface area contributed by atoms with Crippen LogP contribution in [0, 0.1) is 0 Å². The summed E-state index contributed by atoms with van der Waals surface area (Å²) in [5.41, 5.74) is 0. The minimum absolute atomic E-state index is 0.105. The van der Waals surface area contributed by atoms with Gasteiger partial charge in [0.25, 0.3) is 5.91 Å². The van der Waals surface area contributed by atoms with Crippen molar-refractivity contribution in [2.45, 2.75) is 6.42 Å². The molecule has 15 heavy (non-hydrogen) atoms. The number of aliphatic carboxylic acids is 1. The highest BCUT2D eigenvalue weighted by Gasteiger charge is 2.11. The molecule has 0 aliphatic heterocycles. The number of rotatable bonds is 5. The van der Waals surface area contributed by atoms with Gasteiger partial charge in [-0.15, -0.1) is 6.58 Å². The topological polar surface area (TPSA) is 79.5 Å². The molecular weight excluding hydrogens is 198 g/mol. The van der Waals surface area contributed by atoms with Crippen molar-refractivity contribution in [3.63, 3.8) is 0 Å². The van der Waals surface area contributed by atoms with Gasteiger partial charge < -0.3 is 14.8 Å². The Morgan fingerprint density at radius 3 is 2.87 bits per heavy atom. The lowest BCUT2D eigenvalue weighted by Gasteiger charge is -1.97. The molecule has 5 nitrogen and oxygen atoms in total. The van der Waals surface area contributed by atoms with E-state index in [4.69, 9.17) is 9.52 Å². The molecule has 0 spiro atoms. The van der Waals surface area contributed by atoms with Gasteiger partial charge in [-0.2, -0.15) is 0 Å². The zero-order valence-electron chi connectivity index (χ0n) is 8.03. The smallest absolute Gasteiger partial charge is 0.311 e. The van der Waals surface area contributed by atoms with Gasteiger partial charge in [-0.1, -0.05) is 6.08 Å². The molecule has 0 aromatic carbocycles. The summed E-state index contributed by atoms with van der Waals surface area (Å²) in [7, 11) is 0. The van der Waals surface area contributed by atoms with Crippen molar-refractivity contribution in [2.24, 2.45) is 0 Å². The summed E-state index contributed by atoms with van der Waals surface area (Å²) in [5.74, 6) is -1.02. The van der Waals surface area contributed by atoms with Crippen LogP contribution >= 0.6 is 0 Å². The van der Waals surface area contributed by atoms with Crippen LogP contribution in [0.1, 0.15) is 16.3 Å². The number of hydrogen-bond acceptors (Lipinski definition) is 3. The minimum Gasteiger partial charge on any atom is -0.481 e. The Bertz CT molecular complexity index is 381. The number of carbonyl (C=O) groups excluding carboxylic acids is 1. The Balaban J connectivity index is 2.62. The number of carboxylic acid groups (broad SMARTS) is 1. The zero-order chi connectivity index (χ0) is 11.3. The third kappa shape index (κ3) is 3.30. The largest absolute Gasteiger partial charge is 0.481 e. The Hall–Kier alpha value is -2.04. The Kier molecular flexibility index (Phi) is 3.68. The van der Waals surface area contributed by atoms with Crippen LogP contribution in [-0.2, 0) is 11.2 Å². The van der Waals surface area contributed by atoms with Gasteiger partial charge in [0.1, 0.15) is 12.2 Å². The van der Waals surface area contributed by atoms with Gasteiger partial charge in [0.2, 0.25) is 0 Å². The van der Waals surface area contributed by atoms with Crippen molar-refractivity contribution in [2.75, 3.05) is 6.54 Å². The third-order valence-electron chi connectivity index (χ3n) is 1.62. The fourth-order valence-electron chi connectivity index (χ4n) is 0.996. The molecule has 0 fully saturated rings. The Labute approximate surface area is 86.4 Å². The van der Waals surface area contributed by atoms with Gasteiger partial charge >= 0.3 is 5.97 Å². The van der Waals surface area contributed by atoms with Gasteiger partial charge in [-0.05, 0) is 12.1 Å². The number of carbonyl (C=O) groups is 2. The standard InChI is InChI=1S/C10H11NO4/c1-2-5-11-10(14)8-4-3-7(15-8)6-9(12)13/h2-4H,1,5-6H2,(H,11,14)(H,12,13). The molecule has 0 atom stereocenters. The highest BCUT2D eigenvalue weighted by Crippen LogP contribution is 2.08. The predicted molar refractivity (Wildman–Crippen MR) is 52.6 cm³/mol. The predicted octanol–water partition coefficient (Wildman–Crippen LogP) is 0.823. The molecule has 0 saturated carbocycles. The van der Waals surface area contributed by atoms with Crippen molar-refractivity contribution in [1.29, 1.82) is 0 Å². The first-order valence-electron chi connectivity index (χ1n) is 4.33. The van der Waals surface area contributed by atoms with E-state index < -0.39 is 5.97 Å². The van der Waals surface area contributed by atoms with Gasteiger partial charge in [-0.3, -0.25) is 9.59 Å². The van der Waals surface area contributed by atoms with Crippen LogP contribution in [0.5, 0.6) is 0 Å². The summed E-state index contributed by atoms with van der Waals surface area (Å²) >= 11 is 0. The second-order valence-electron chi connectivity index (χ2n) is 2.84. The molecule has 5 heteroatoms. The van der Waals surface area contributed by atoms with E-state index >= 15 is 0 Å². The second-order valence-corrected chi connectivity index (χ2v) is 2.84. The molecule has 1 heterocycles. The second kappa shape index (κ2) is 4.99. The number of nitrogens with one attached hydrogen (secondary N) is 1. The van der Waals surface area contributed by atoms with Crippen molar-refractivity contribution < 1.29 is 19.1 Å². The van der Waals surface area contributed by atoms with E-state index in [0.717, 1.165) is 0 Å². The molecular formula is C10H11NO4. The molecule has 0 unspecified atom stereocenters. The molecule has 0 radical (unpaired) electrons. The molecule has 0 bridgehead atoms. The normalized spacial score (nSPS) is 9.60. The molecule has 1 rings (SSSR count). The molecule has 0 aliphatic rings. The first-order valence-corrected chi connectivity index (χ1v) is 4.33. The lowest BCUT2D eigenvalue weighted by atomic mass is 10.3. The first kappa shape index (κ1) is 11.0. The monoisotopic (exact) mass is 209 g/mol. The van der Waals surface area contributed by atoms with Gasteiger partial charge in [0.15, 0.2) is 5.76 Å². The third-order valence-corrected chi connectivity index (χ3v) is 1.62. The fourth-order valence-corrected chi connectivity index (χ4v) is 0.996. The Morgan fingerprint density at radius 1 is 1.53 bits per heavy atom. The summed E-state index contributed by atoms with van der Waals surface area (Å²) in [6.07, 6.45) is 1.31. The lowest BCUT2D eigenvalue weighted by molar-refractivity contribution is -0.136. The van der Waals surface area contributed by atoms with Crippen LogP contribution in [0.25, 0.3) is 0 Å². The number of carboxylic acids is 1. The molecule has 80 valence electrons. The average molecular weight is 209 g/mol. The molecule has 0 saturated heterocycles. The molecule has 1 amide bonds. The molecule has 1 aromatic heterocycles. The summed E-state index contributed by atoms with van der Waals surface area (Å²) in [6, 6.07) is 2.91. The van der Waals surface area contributed by atoms with Crippen molar-refractivity contribution in [1.82, 2.24) is 5.32 Å². The van der Waals surface area contributed by atoms with Crippen LogP contribution < -0.4 is 5.32 Å². The average Bonchev–Trinajstić information content (AvgIpc) is 2.61. The van der Waals surface area contributed by atoms with Crippen molar-refractivity contribution >= 4 is 11.9 Å². The Morgan fingerprint density at radius 2 is 2.27 bits per heavy atom. The minimum atomic E-state index is -0.998. The number of furan rings is 1. The quantitative estimate of drug-likeness (QED) is 0.703. The maximum Gasteiger partial charge on any atom is 0.311 e. The summed E-state index contributed by atoms with van der Waals surface area (Å²) in [5, 5.41) is 11.0. The van der Waals surface area contributed by atoms with E-state index in [-0.39, 0.29) is 23.8 Å². The lowest BCUT2D eigenvalue weighted by Crippen LogP contribution is -2.22. The summed E-state index contributed by atoms with van der Waals surface area (Å²) in [4.78, 5) is 21.6. The number of hydrogen-bond donors (Lipinski definition) is 2. The maximum atomic E-state index is 11.3. The van der Waals surface area contributed by atoms with E-state index in [1.807, 2.05) is 0 Å².